The van der Waals surface area contributed by atoms with Crippen LogP contribution in [-0.2, 0) is 14.4 Å². The number of anilines is 2. The lowest BCUT2D eigenvalue weighted by Gasteiger charge is -2.11. The van der Waals surface area contributed by atoms with Gasteiger partial charge in [0.05, 0.1) is 6.21 Å². The van der Waals surface area contributed by atoms with Crippen molar-refractivity contribution in [2.45, 2.75) is 13.8 Å². The van der Waals surface area contributed by atoms with Crippen LogP contribution in [0.15, 0.2) is 64.2 Å². The number of para-hydroxylation sites is 1. The molecule has 3 N–H and O–H groups in total. The minimum atomic E-state index is -0.939. The van der Waals surface area contributed by atoms with Crippen molar-refractivity contribution in [1.82, 2.24) is 5.43 Å². The molecule has 0 radical (unpaired) electrons. The minimum Gasteiger partial charge on any atom is -0.483 e. The average Bonchev–Trinajstić information content (AvgIpc) is 2.80. The van der Waals surface area contributed by atoms with Gasteiger partial charge in [0.25, 0.3) is 5.91 Å². The molecule has 0 heterocycles. The molecule has 0 spiro atoms. The Morgan fingerprint density at radius 3 is 2.28 bits per heavy atom. The van der Waals surface area contributed by atoms with Gasteiger partial charge in [0.15, 0.2) is 6.61 Å². The number of hydrogen-bond donors (Lipinski definition) is 3. The van der Waals surface area contributed by atoms with Crippen LogP contribution in [0.5, 0.6) is 5.75 Å². The van der Waals surface area contributed by atoms with Gasteiger partial charge in [-0.15, -0.1) is 0 Å². The lowest BCUT2D eigenvalue weighted by atomic mass is 10.1. The number of hydrazone groups is 1. The summed E-state index contributed by atoms with van der Waals surface area (Å²) in [5, 5.41) is 9.85. The molecule has 0 aliphatic carbocycles. The van der Waals surface area contributed by atoms with Crippen LogP contribution in [0, 0.1) is 13.8 Å². The van der Waals surface area contributed by atoms with Crippen LogP contribution in [0.25, 0.3) is 0 Å². The van der Waals surface area contributed by atoms with Crippen LogP contribution >= 0.6 is 39.1 Å². The van der Waals surface area contributed by atoms with Crippen molar-refractivity contribution >= 4 is 74.4 Å². The second kappa shape index (κ2) is 12.5. The SMILES string of the molecule is Cc1cccc(C)c1NC(=O)C(=O)N/N=C\c1cc(Br)ccc1OCC(=O)Nc1cc(Cl)cc(Cl)c1. The fourth-order valence-corrected chi connectivity index (χ4v) is 4.02. The Morgan fingerprint density at radius 1 is 0.944 bits per heavy atom. The Bertz CT molecular complexity index is 1310. The summed E-state index contributed by atoms with van der Waals surface area (Å²) in [7, 11) is 0. The molecule has 3 aromatic carbocycles. The maximum atomic E-state index is 12.3. The van der Waals surface area contributed by atoms with Gasteiger partial charge < -0.3 is 15.4 Å². The molecule has 3 aromatic rings. The number of ether oxygens (including phenoxy) is 1. The number of amides is 3. The largest absolute Gasteiger partial charge is 0.483 e. The van der Waals surface area contributed by atoms with Crippen LogP contribution in [-0.4, -0.2) is 30.5 Å². The van der Waals surface area contributed by atoms with Crippen LogP contribution in [0.3, 0.4) is 0 Å². The third kappa shape index (κ3) is 7.81. The van der Waals surface area contributed by atoms with E-state index in [0.717, 1.165) is 11.1 Å². The van der Waals surface area contributed by atoms with Crippen LogP contribution in [0.4, 0.5) is 11.4 Å². The lowest BCUT2D eigenvalue weighted by molar-refractivity contribution is -0.136. The average molecular weight is 592 g/mol. The highest BCUT2D eigenvalue weighted by atomic mass is 79.9. The van der Waals surface area contributed by atoms with E-state index in [1.165, 1.54) is 6.21 Å². The van der Waals surface area contributed by atoms with Gasteiger partial charge in [0, 0.05) is 31.5 Å². The number of rotatable bonds is 7. The van der Waals surface area contributed by atoms with Gasteiger partial charge in [-0.3, -0.25) is 14.4 Å². The van der Waals surface area contributed by atoms with Gasteiger partial charge in [-0.25, -0.2) is 5.43 Å². The molecule has 3 rings (SSSR count). The summed E-state index contributed by atoms with van der Waals surface area (Å²) in [5.74, 6) is -1.90. The van der Waals surface area contributed by atoms with Gasteiger partial charge in [-0.05, 0) is 61.4 Å². The van der Waals surface area contributed by atoms with Crippen LogP contribution < -0.4 is 20.8 Å². The van der Waals surface area contributed by atoms with Crippen LogP contribution in [0.1, 0.15) is 16.7 Å². The van der Waals surface area contributed by atoms with Gasteiger partial charge in [-0.1, -0.05) is 57.3 Å². The second-order valence-electron chi connectivity index (χ2n) is 7.60. The van der Waals surface area contributed by atoms with Gasteiger partial charge >= 0.3 is 11.8 Å². The van der Waals surface area contributed by atoms with Crippen molar-refractivity contribution in [3.63, 3.8) is 0 Å². The molecule has 11 heteroatoms. The van der Waals surface area contributed by atoms with E-state index in [1.807, 2.05) is 32.0 Å². The Labute approximate surface area is 226 Å². The summed E-state index contributed by atoms with van der Waals surface area (Å²) in [4.78, 5) is 36.8. The zero-order valence-corrected chi connectivity index (χ0v) is 22.3. The van der Waals surface area contributed by atoms with Gasteiger partial charge in [0.2, 0.25) is 0 Å². The molecule has 0 atom stereocenters. The van der Waals surface area contributed by atoms with Crippen LogP contribution in [0.2, 0.25) is 10.0 Å². The summed E-state index contributed by atoms with van der Waals surface area (Å²) >= 11 is 15.2. The molecular formula is C25H21BrCl2N4O4. The van der Waals surface area contributed by atoms with Gasteiger partial charge in [0.1, 0.15) is 5.75 Å². The van der Waals surface area contributed by atoms with E-state index in [-0.39, 0.29) is 6.61 Å². The molecule has 0 fully saturated rings. The van der Waals surface area contributed by atoms with Crippen molar-refractivity contribution in [1.29, 1.82) is 0 Å². The first-order chi connectivity index (χ1) is 17.1. The van der Waals surface area contributed by atoms with Crippen molar-refractivity contribution in [2.24, 2.45) is 5.10 Å². The number of halogens is 3. The molecule has 0 saturated heterocycles. The summed E-state index contributed by atoms with van der Waals surface area (Å²) in [6.45, 7) is 3.35. The number of nitrogens with zero attached hydrogens (tertiary/aromatic N) is 1. The van der Waals surface area contributed by atoms with E-state index in [0.29, 0.717) is 37.2 Å². The predicted octanol–water partition coefficient (Wildman–Crippen LogP) is 5.48. The lowest BCUT2D eigenvalue weighted by Crippen LogP contribution is -2.32. The zero-order chi connectivity index (χ0) is 26.2. The van der Waals surface area contributed by atoms with E-state index in [9.17, 15) is 14.4 Å². The number of aryl methyl sites for hydroxylation is 2. The number of carbonyl (C=O) groups excluding carboxylic acids is 3. The normalized spacial score (nSPS) is 10.7. The topological polar surface area (TPSA) is 109 Å². The number of benzene rings is 3. The molecule has 0 aliphatic heterocycles. The molecule has 0 bridgehead atoms. The first-order valence-electron chi connectivity index (χ1n) is 10.5. The number of hydrogen-bond acceptors (Lipinski definition) is 5. The predicted molar refractivity (Wildman–Crippen MR) is 145 cm³/mol. The second-order valence-corrected chi connectivity index (χ2v) is 9.39. The maximum absolute atomic E-state index is 12.3. The van der Waals surface area contributed by atoms with Crippen molar-refractivity contribution in [2.75, 3.05) is 17.2 Å². The summed E-state index contributed by atoms with van der Waals surface area (Å²) in [6.07, 6.45) is 1.30. The molecular weight excluding hydrogens is 571 g/mol. The fourth-order valence-electron chi connectivity index (χ4n) is 3.11. The van der Waals surface area contributed by atoms with Crippen molar-refractivity contribution in [3.05, 3.63) is 85.8 Å². The van der Waals surface area contributed by atoms with E-state index in [2.05, 4.69) is 37.1 Å². The highest BCUT2D eigenvalue weighted by molar-refractivity contribution is 9.10. The van der Waals surface area contributed by atoms with E-state index >= 15 is 0 Å². The third-order valence-corrected chi connectivity index (χ3v) is 5.70. The molecule has 0 aliphatic rings. The first-order valence-corrected chi connectivity index (χ1v) is 12.1. The molecule has 8 nitrogen and oxygen atoms in total. The molecule has 0 saturated carbocycles. The third-order valence-electron chi connectivity index (χ3n) is 4.77. The molecule has 36 heavy (non-hydrogen) atoms. The monoisotopic (exact) mass is 590 g/mol. The Balaban J connectivity index is 1.60. The first kappa shape index (κ1) is 27.2. The molecule has 186 valence electrons. The quantitative estimate of drug-likeness (QED) is 0.192. The maximum Gasteiger partial charge on any atom is 0.329 e. The Kier molecular flexibility index (Phi) is 9.46. The number of carbonyl (C=O) groups is 3. The Hall–Kier alpha value is -3.40. The van der Waals surface area contributed by atoms with Crippen molar-refractivity contribution in [3.8, 4) is 5.75 Å². The highest BCUT2D eigenvalue weighted by Gasteiger charge is 2.15. The van der Waals surface area contributed by atoms with E-state index in [4.69, 9.17) is 27.9 Å². The van der Waals surface area contributed by atoms with Crippen molar-refractivity contribution < 1.29 is 19.1 Å². The molecule has 0 unspecified atom stereocenters. The Morgan fingerprint density at radius 2 is 1.61 bits per heavy atom. The van der Waals surface area contributed by atoms with E-state index in [1.54, 1.807) is 36.4 Å². The molecule has 0 aromatic heterocycles. The smallest absolute Gasteiger partial charge is 0.329 e. The summed E-state index contributed by atoms with van der Waals surface area (Å²) < 4.78 is 6.33. The minimum absolute atomic E-state index is 0.308. The fraction of sp³-hybridized carbons (Fsp3) is 0.120. The summed E-state index contributed by atoms with van der Waals surface area (Å²) in [6, 6.07) is 15.2. The molecule has 3 amide bonds. The van der Waals surface area contributed by atoms with E-state index < -0.39 is 17.7 Å². The standard InChI is InChI=1S/C25H21BrCl2N4O4/c1-14-4-3-5-15(2)23(14)31-24(34)25(35)32-29-12-16-8-17(26)6-7-21(16)36-13-22(33)30-20-10-18(27)9-19(28)11-20/h3-12H,13H2,1-2H3,(H,30,33)(H,31,34)(H,32,35)/b29-12-. The highest BCUT2D eigenvalue weighted by Crippen LogP contribution is 2.24. The number of nitrogens with one attached hydrogen (secondary N) is 3. The summed E-state index contributed by atoms with van der Waals surface area (Å²) in [5.41, 5.74) is 5.31. The zero-order valence-electron chi connectivity index (χ0n) is 19.2. The van der Waals surface area contributed by atoms with Gasteiger partial charge in [-0.2, -0.15) is 5.10 Å².